The van der Waals surface area contributed by atoms with E-state index in [4.69, 9.17) is 0 Å². The van der Waals surface area contributed by atoms with Crippen molar-refractivity contribution in [2.75, 3.05) is 40.3 Å². The van der Waals surface area contributed by atoms with Gasteiger partial charge in [0.05, 0.1) is 5.70 Å². The van der Waals surface area contributed by atoms with Crippen LogP contribution in [-0.2, 0) is 0 Å². The highest BCUT2D eigenvalue weighted by atomic mass is 15.4. The van der Waals surface area contributed by atoms with Crippen molar-refractivity contribution in [2.24, 2.45) is 11.0 Å². The quantitative estimate of drug-likeness (QED) is 0.377. The van der Waals surface area contributed by atoms with Crippen molar-refractivity contribution in [1.82, 2.24) is 15.2 Å². The predicted molar refractivity (Wildman–Crippen MR) is 118 cm³/mol. The molecular formula is C23H36N4. The molecule has 1 atom stereocenters. The average Bonchev–Trinajstić information content (AvgIpc) is 2.65. The maximum absolute atomic E-state index is 4.54. The Bertz CT molecular complexity index is 664. The van der Waals surface area contributed by atoms with Crippen LogP contribution in [0, 0.1) is 5.92 Å². The molecule has 1 aliphatic heterocycles. The molecule has 2 aliphatic rings. The first kappa shape index (κ1) is 21.2. The molecule has 0 aromatic heterocycles. The van der Waals surface area contributed by atoms with E-state index in [0.29, 0.717) is 5.92 Å². The maximum Gasteiger partial charge on any atom is 0.106 e. The van der Waals surface area contributed by atoms with Crippen molar-refractivity contribution in [1.29, 1.82) is 0 Å². The van der Waals surface area contributed by atoms with Gasteiger partial charge in [-0.2, -0.15) is 5.10 Å². The molecule has 4 heteroatoms. The summed E-state index contributed by atoms with van der Waals surface area (Å²) in [5.74, 6) is 0.543. The van der Waals surface area contributed by atoms with E-state index in [1.807, 2.05) is 33.2 Å². The second-order valence-electron chi connectivity index (χ2n) is 7.94. The second kappa shape index (κ2) is 10.3. The molecule has 1 N–H and O–H groups in total. The number of nitrogens with zero attached hydrogens (tertiary/aromatic N) is 3. The van der Waals surface area contributed by atoms with Gasteiger partial charge >= 0.3 is 0 Å². The fourth-order valence-corrected chi connectivity index (χ4v) is 3.54. The third-order valence-electron chi connectivity index (χ3n) is 5.05. The Morgan fingerprint density at radius 1 is 1.41 bits per heavy atom. The molecule has 1 unspecified atom stereocenters. The van der Waals surface area contributed by atoms with Crippen LogP contribution in [-0.4, -0.2) is 55.9 Å². The number of hydrogen-bond donors (Lipinski definition) is 1. The third kappa shape index (κ3) is 6.87. The van der Waals surface area contributed by atoms with E-state index in [1.165, 1.54) is 25.8 Å². The monoisotopic (exact) mass is 368 g/mol. The molecule has 148 valence electrons. The Hall–Kier alpha value is -2.07. The van der Waals surface area contributed by atoms with E-state index in [0.717, 1.165) is 36.6 Å². The summed E-state index contributed by atoms with van der Waals surface area (Å²) in [6, 6.07) is 0. The third-order valence-corrected chi connectivity index (χ3v) is 5.05. The Kier molecular flexibility index (Phi) is 8.11. The summed E-state index contributed by atoms with van der Waals surface area (Å²) in [4.78, 5) is 2.58. The first-order valence-corrected chi connectivity index (χ1v) is 9.98. The van der Waals surface area contributed by atoms with Gasteiger partial charge in [0.25, 0.3) is 0 Å². The summed E-state index contributed by atoms with van der Waals surface area (Å²) in [6.45, 7) is 16.6. The lowest BCUT2D eigenvalue weighted by atomic mass is 9.91. The Morgan fingerprint density at radius 3 is 2.89 bits per heavy atom. The highest BCUT2D eigenvalue weighted by Crippen LogP contribution is 2.27. The Labute approximate surface area is 165 Å². The number of hydrogen-bond acceptors (Lipinski definition) is 4. The molecule has 1 aliphatic carbocycles. The lowest BCUT2D eigenvalue weighted by molar-refractivity contribution is 0.246. The van der Waals surface area contributed by atoms with Crippen molar-refractivity contribution in [3.8, 4) is 0 Å². The van der Waals surface area contributed by atoms with E-state index in [-0.39, 0.29) is 0 Å². The molecule has 0 aromatic rings. The van der Waals surface area contributed by atoms with Crippen molar-refractivity contribution in [2.45, 2.75) is 33.1 Å². The van der Waals surface area contributed by atoms with Crippen LogP contribution in [0.3, 0.4) is 0 Å². The van der Waals surface area contributed by atoms with Crippen LogP contribution in [0.2, 0.25) is 0 Å². The van der Waals surface area contributed by atoms with E-state index in [2.05, 4.69) is 47.6 Å². The molecule has 1 heterocycles. The molecule has 0 amide bonds. The van der Waals surface area contributed by atoms with Gasteiger partial charge in [-0.25, -0.2) is 0 Å². The number of rotatable bonds is 9. The van der Waals surface area contributed by atoms with Crippen LogP contribution in [0.15, 0.2) is 65.0 Å². The normalized spacial score (nSPS) is 19.6. The van der Waals surface area contributed by atoms with Gasteiger partial charge in [0.15, 0.2) is 0 Å². The fourth-order valence-electron chi connectivity index (χ4n) is 3.54. The minimum absolute atomic E-state index is 0.543. The van der Waals surface area contributed by atoms with Gasteiger partial charge in [-0.3, -0.25) is 4.90 Å². The molecule has 2 rings (SSSR count). The molecule has 27 heavy (non-hydrogen) atoms. The zero-order valence-electron chi connectivity index (χ0n) is 17.6. The minimum Gasteiger partial charge on any atom is -0.383 e. The summed E-state index contributed by atoms with van der Waals surface area (Å²) in [5, 5.41) is 9.82. The lowest BCUT2D eigenvalue weighted by Gasteiger charge is -2.33. The smallest absolute Gasteiger partial charge is 0.106 e. The van der Waals surface area contributed by atoms with Crippen molar-refractivity contribution >= 4 is 5.71 Å². The van der Waals surface area contributed by atoms with E-state index in [1.54, 1.807) is 16.2 Å². The lowest BCUT2D eigenvalue weighted by Crippen LogP contribution is -2.38. The Morgan fingerprint density at radius 2 is 2.19 bits per heavy atom. The van der Waals surface area contributed by atoms with Crippen LogP contribution >= 0.6 is 0 Å². The van der Waals surface area contributed by atoms with E-state index < -0.39 is 0 Å². The van der Waals surface area contributed by atoms with E-state index >= 15 is 0 Å². The summed E-state index contributed by atoms with van der Waals surface area (Å²) in [7, 11) is 3.85. The van der Waals surface area contributed by atoms with Crippen molar-refractivity contribution in [3.05, 3.63) is 59.9 Å². The minimum atomic E-state index is 0.543. The van der Waals surface area contributed by atoms with Crippen LogP contribution in [0.4, 0.5) is 0 Å². The summed E-state index contributed by atoms with van der Waals surface area (Å²) in [6.07, 6.45) is 12.2. The highest BCUT2D eigenvalue weighted by Gasteiger charge is 2.20. The number of allylic oxidation sites excluding steroid dienone is 4. The predicted octanol–water partition coefficient (Wildman–Crippen LogP) is 4.13. The van der Waals surface area contributed by atoms with Gasteiger partial charge in [0, 0.05) is 40.3 Å². The second-order valence-corrected chi connectivity index (χ2v) is 7.94. The van der Waals surface area contributed by atoms with Gasteiger partial charge < -0.3 is 10.3 Å². The highest BCUT2D eigenvalue weighted by molar-refractivity contribution is 6.07. The van der Waals surface area contributed by atoms with Gasteiger partial charge in [-0.15, -0.1) is 0 Å². The largest absolute Gasteiger partial charge is 0.383 e. The molecular weight excluding hydrogens is 332 g/mol. The molecule has 0 aromatic carbocycles. The maximum atomic E-state index is 4.54. The standard InChI is InChI=1S/C23H36N4/c1-7-18(2)14-23(25-26(5)6)20(4)24-15-19(3)16-27-13-12-21-10-8-9-11-22(21)17-27/h7,9,11,14,19,24H,1,4,8,10,12-13,15-17H2,2-3,5-6H3/b18-14-,25-23+. The summed E-state index contributed by atoms with van der Waals surface area (Å²) in [5.41, 5.74) is 6.02. The first-order valence-electron chi connectivity index (χ1n) is 9.98. The van der Waals surface area contributed by atoms with Crippen LogP contribution in [0.5, 0.6) is 0 Å². The number of nitrogens with one attached hydrogen (secondary N) is 1. The van der Waals surface area contributed by atoms with Crippen LogP contribution in [0.1, 0.15) is 33.1 Å². The van der Waals surface area contributed by atoms with Gasteiger partial charge in [0.1, 0.15) is 5.71 Å². The fraction of sp³-hybridized carbons (Fsp3) is 0.522. The summed E-state index contributed by atoms with van der Waals surface area (Å²) < 4.78 is 0. The zero-order valence-corrected chi connectivity index (χ0v) is 17.6. The SMILES string of the molecule is C=C/C(C)=C\C(=N/N(C)C)C(=C)NCC(C)CN1CCC2=C(C=CCC2)C1. The molecule has 0 saturated carbocycles. The van der Waals surface area contributed by atoms with Crippen LogP contribution in [0.25, 0.3) is 0 Å². The van der Waals surface area contributed by atoms with Crippen molar-refractivity contribution in [3.63, 3.8) is 0 Å². The van der Waals surface area contributed by atoms with Crippen molar-refractivity contribution < 1.29 is 0 Å². The first-order chi connectivity index (χ1) is 12.9. The number of hydrazone groups is 1. The molecule has 0 bridgehead atoms. The Balaban J connectivity index is 1.86. The molecule has 0 fully saturated rings. The molecule has 0 spiro atoms. The van der Waals surface area contributed by atoms with Crippen LogP contribution < -0.4 is 5.32 Å². The molecule has 4 nitrogen and oxygen atoms in total. The summed E-state index contributed by atoms with van der Waals surface area (Å²) >= 11 is 0. The molecule has 0 saturated heterocycles. The average molecular weight is 369 g/mol. The van der Waals surface area contributed by atoms with Gasteiger partial charge in [-0.1, -0.05) is 43.9 Å². The topological polar surface area (TPSA) is 30.9 Å². The van der Waals surface area contributed by atoms with Gasteiger partial charge in [0.2, 0.25) is 0 Å². The van der Waals surface area contributed by atoms with E-state index in [9.17, 15) is 0 Å². The molecule has 0 radical (unpaired) electrons. The zero-order chi connectivity index (χ0) is 19.8. The van der Waals surface area contributed by atoms with Gasteiger partial charge in [-0.05, 0) is 49.3 Å².